The lowest BCUT2D eigenvalue weighted by atomic mass is 9.88. The van der Waals surface area contributed by atoms with E-state index in [2.05, 4.69) is 24.9 Å². The number of urea groups is 1. The smallest absolute Gasteiger partial charge is 0.320 e. The molecular formula is C21H21ClFN5OS. The van der Waals surface area contributed by atoms with E-state index in [1.54, 1.807) is 24.4 Å². The van der Waals surface area contributed by atoms with Crippen molar-refractivity contribution in [3.63, 3.8) is 0 Å². The van der Waals surface area contributed by atoms with Gasteiger partial charge in [0.05, 0.1) is 10.7 Å². The van der Waals surface area contributed by atoms with Gasteiger partial charge >= 0.3 is 6.03 Å². The molecule has 0 aliphatic carbocycles. The maximum atomic E-state index is 13.3. The Balaban J connectivity index is 1.52. The van der Waals surface area contributed by atoms with E-state index in [1.165, 1.54) is 23.7 Å². The monoisotopic (exact) mass is 445 g/mol. The third kappa shape index (κ3) is 4.88. The van der Waals surface area contributed by atoms with E-state index in [-0.39, 0.29) is 23.8 Å². The standard InChI is InChI=1S/C21H21ClFN5OS/c1-13-10-20(30-27-13)26-21(29)25-19-8-9-28(16-5-3-15(23)4-6-16)12-17(19)18-7-2-14(22)11-24-18/h2-7,10-11,17,19H,8-9,12H2,1H3,(H2,25,26,29). The van der Waals surface area contributed by atoms with Crippen molar-refractivity contribution in [3.05, 3.63) is 70.9 Å². The SMILES string of the molecule is Cc1cc(NC(=O)NC2CCN(c3ccc(F)cc3)CC2c2ccc(Cl)cn2)sn1. The molecule has 1 aromatic carbocycles. The summed E-state index contributed by atoms with van der Waals surface area (Å²) < 4.78 is 17.5. The van der Waals surface area contributed by atoms with Gasteiger partial charge in [0.25, 0.3) is 0 Å². The molecular weight excluding hydrogens is 425 g/mol. The van der Waals surface area contributed by atoms with Crippen molar-refractivity contribution >= 4 is 39.9 Å². The van der Waals surface area contributed by atoms with Crippen LogP contribution in [0.3, 0.4) is 0 Å². The number of aromatic nitrogens is 2. The van der Waals surface area contributed by atoms with Crippen LogP contribution in [0.25, 0.3) is 0 Å². The average Bonchev–Trinajstić information content (AvgIpc) is 3.14. The molecule has 30 heavy (non-hydrogen) atoms. The van der Waals surface area contributed by atoms with Crippen molar-refractivity contribution < 1.29 is 9.18 Å². The molecule has 1 aliphatic rings. The largest absolute Gasteiger partial charge is 0.371 e. The number of amides is 2. The van der Waals surface area contributed by atoms with Gasteiger partial charge in [0.2, 0.25) is 0 Å². The van der Waals surface area contributed by atoms with Crippen LogP contribution in [0.2, 0.25) is 5.02 Å². The van der Waals surface area contributed by atoms with Crippen molar-refractivity contribution in [2.75, 3.05) is 23.3 Å². The molecule has 9 heteroatoms. The van der Waals surface area contributed by atoms with Crippen molar-refractivity contribution in [1.82, 2.24) is 14.7 Å². The van der Waals surface area contributed by atoms with Gasteiger partial charge in [0.1, 0.15) is 10.8 Å². The van der Waals surface area contributed by atoms with Crippen LogP contribution in [0.1, 0.15) is 23.7 Å². The Labute approximate surface area is 183 Å². The maximum absolute atomic E-state index is 13.3. The minimum Gasteiger partial charge on any atom is -0.371 e. The first kappa shape index (κ1) is 20.6. The Morgan fingerprint density at radius 3 is 2.73 bits per heavy atom. The molecule has 0 radical (unpaired) electrons. The second-order valence-electron chi connectivity index (χ2n) is 7.26. The number of rotatable bonds is 4. The lowest BCUT2D eigenvalue weighted by Crippen LogP contribution is -2.51. The molecule has 0 saturated carbocycles. The molecule has 3 aromatic rings. The Kier molecular flexibility index (Phi) is 6.15. The number of halogens is 2. The van der Waals surface area contributed by atoms with Gasteiger partial charge in [0.15, 0.2) is 0 Å². The van der Waals surface area contributed by atoms with Crippen LogP contribution in [0.15, 0.2) is 48.7 Å². The van der Waals surface area contributed by atoms with E-state index in [0.29, 0.717) is 16.6 Å². The van der Waals surface area contributed by atoms with E-state index in [9.17, 15) is 9.18 Å². The Bertz CT molecular complexity index is 1010. The highest BCUT2D eigenvalue weighted by atomic mass is 35.5. The second kappa shape index (κ2) is 8.97. The molecule has 0 spiro atoms. The Morgan fingerprint density at radius 1 is 1.27 bits per heavy atom. The first-order valence-corrected chi connectivity index (χ1v) is 10.8. The first-order chi connectivity index (χ1) is 14.5. The summed E-state index contributed by atoms with van der Waals surface area (Å²) in [6.07, 6.45) is 2.34. The van der Waals surface area contributed by atoms with Crippen molar-refractivity contribution in [2.45, 2.75) is 25.3 Å². The molecule has 2 atom stereocenters. The van der Waals surface area contributed by atoms with Crippen LogP contribution in [0, 0.1) is 12.7 Å². The van der Waals surface area contributed by atoms with Crippen molar-refractivity contribution in [1.29, 1.82) is 0 Å². The van der Waals surface area contributed by atoms with Crippen LogP contribution >= 0.6 is 23.1 Å². The van der Waals surface area contributed by atoms with Gasteiger partial charge < -0.3 is 10.2 Å². The highest BCUT2D eigenvalue weighted by Crippen LogP contribution is 2.30. The molecule has 2 amide bonds. The zero-order valence-corrected chi connectivity index (χ0v) is 17.9. The van der Waals surface area contributed by atoms with Crippen LogP contribution < -0.4 is 15.5 Å². The zero-order valence-electron chi connectivity index (χ0n) is 16.3. The van der Waals surface area contributed by atoms with Crippen molar-refractivity contribution in [2.24, 2.45) is 0 Å². The van der Waals surface area contributed by atoms with Crippen LogP contribution in [-0.2, 0) is 0 Å². The summed E-state index contributed by atoms with van der Waals surface area (Å²) in [6, 6.07) is 11.6. The number of carbonyl (C=O) groups excluding carboxylic acids is 1. The van der Waals surface area contributed by atoms with Gasteiger partial charge in [0, 0.05) is 42.6 Å². The molecule has 1 fully saturated rings. The first-order valence-electron chi connectivity index (χ1n) is 9.61. The molecule has 156 valence electrons. The van der Waals surface area contributed by atoms with E-state index in [0.717, 1.165) is 30.0 Å². The number of nitrogens with one attached hydrogen (secondary N) is 2. The topological polar surface area (TPSA) is 70.2 Å². The fourth-order valence-corrected chi connectivity index (χ4v) is 4.42. The molecule has 2 N–H and O–H groups in total. The van der Waals surface area contributed by atoms with Crippen LogP contribution in [-0.4, -0.2) is 34.5 Å². The number of hydrogen-bond donors (Lipinski definition) is 2. The third-order valence-electron chi connectivity index (χ3n) is 5.12. The maximum Gasteiger partial charge on any atom is 0.320 e. The van der Waals surface area contributed by atoms with E-state index < -0.39 is 0 Å². The number of anilines is 2. The van der Waals surface area contributed by atoms with E-state index >= 15 is 0 Å². The summed E-state index contributed by atoms with van der Waals surface area (Å²) in [7, 11) is 0. The number of hydrogen-bond acceptors (Lipinski definition) is 5. The molecule has 0 bridgehead atoms. The highest BCUT2D eigenvalue weighted by molar-refractivity contribution is 7.10. The highest BCUT2D eigenvalue weighted by Gasteiger charge is 2.32. The fourth-order valence-electron chi connectivity index (χ4n) is 3.66. The Morgan fingerprint density at radius 2 is 2.07 bits per heavy atom. The lowest BCUT2D eigenvalue weighted by Gasteiger charge is -2.39. The van der Waals surface area contributed by atoms with Crippen molar-refractivity contribution in [3.8, 4) is 0 Å². The molecule has 2 aromatic heterocycles. The van der Waals surface area contributed by atoms with Gasteiger partial charge in [-0.1, -0.05) is 11.6 Å². The summed E-state index contributed by atoms with van der Waals surface area (Å²) >= 11 is 7.26. The van der Waals surface area contributed by atoms with Gasteiger partial charge in [-0.3, -0.25) is 10.3 Å². The minimum absolute atomic E-state index is 0.0463. The number of nitrogens with zero attached hydrogens (tertiary/aromatic N) is 3. The van der Waals surface area contributed by atoms with Gasteiger partial charge in [-0.15, -0.1) is 0 Å². The number of carbonyl (C=O) groups is 1. The third-order valence-corrected chi connectivity index (χ3v) is 6.14. The van der Waals surface area contributed by atoms with Gasteiger partial charge in [-0.05, 0) is 67.3 Å². The predicted molar refractivity (Wildman–Crippen MR) is 118 cm³/mol. The molecule has 1 aliphatic heterocycles. The lowest BCUT2D eigenvalue weighted by molar-refractivity contribution is 0.243. The van der Waals surface area contributed by atoms with Gasteiger partial charge in [-0.2, -0.15) is 4.37 Å². The normalized spacial score (nSPS) is 18.8. The fraction of sp³-hybridized carbons (Fsp3) is 0.286. The summed E-state index contributed by atoms with van der Waals surface area (Å²) in [5.41, 5.74) is 2.66. The number of benzene rings is 1. The summed E-state index contributed by atoms with van der Waals surface area (Å²) in [4.78, 5) is 19.2. The van der Waals surface area contributed by atoms with E-state index in [4.69, 9.17) is 11.6 Å². The number of pyridine rings is 1. The summed E-state index contributed by atoms with van der Waals surface area (Å²) in [5.74, 6) is -0.309. The number of piperidine rings is 1. The zero-order chi connectivity index (χ0) is 21.1. The Hall–Kier alpha value is -2.71. The minimum atomic E-state index is -0.266. The summed E-state index contributed by atoms with van der Waals surface area (Å²) in [5, 5.41) is 7.21. The quantitative estimate of drug-likeness (QED) is 0.603. The molecule has 4 rings (SSSR count). The molecule has 6 nitrogen and oxygen atoms in total. The van der Waals surface area contributed by atoms with Gasteiger partial charge in [-0.25, -0.2) is 9.18 Å². The second-order valence-corrected chi connectivity index (χ2v) is 8.50. The molecule has 2 unspecified atom stereocenters. The van der Waals surface area contributed by atoms with E-state index in [1.807, 2.05) is 19.1 Å². The van der Waals surface area contributed by atoms with Crippen LogP contribution in [0.4, 0.5) is 19.9 Å². The average molecular weight is 446 g/mol. The molecule has 3 heterocycles. The van der Waals surface area contributed by atoms with Crippen LogP contribution in [0.5, 0.6) is 0 Å². The molecule has 1 saturated heterocycles. The summed E-state index contributed by atoms with van der Waals surface area (Å²) in [6.45, 7) is 3.26. The predicted octanol–water partition coefficient (Wildman–Crippen LogP) is 4.82. The number of aryl methyl sites for hydroxylation is 1.